The SMILES string of the molecule is COc1cc(-c2cccc(-c3ccccc3)c2)ccc(O)c1=O. The molecule has 3 aromatic carbocycles. The normalized spacial score (nSPS) is 10.3. The number of benzene rings is 2. The third-order valence-electron chi connectivity index (χ3n) is 3.69. The molecule has 0 fully saturated rings. The maximum absolute atomic E-state index is 11.9. The molecular formula is C20H16O3. The number of aromatic hydroxyl groups is 1. The van der Waals surface area contributed by atoms with E-state index in [2.05, 4.69) is 0 Å². The zero-order chi connectivity index (χ0) is 16.2. The number of hydrogen-bond donors (Lipinski definition) is 1. The fourth-order valence-corrected chi connectivity index (χ4v) is 2.47. The first kappa shape index (κ1) is 14.9. The highest BCUT2D eigenvalue weighted by Crippen LogP contribution is 2.27. The van der Waals surface area contributed by atoms with E-state index < -0.39 is 5.43 Å². The third-order valence-corrected chi connectivity index (χ3v) is 3.69. The molecule has 0 saturated heterocycles. The first-order valence-electron chi connectivity index (χ1n) is 7.26. The van der Waals surface area contributed by atoms with E-state index in [1.807, 2.05) is 54.6 Å². The Bertz CT molecular complexity index is 886. The molecule has 1 N–H and O–H groups in total. The summed E-state index contributed by atoms with van der Waals surface area (Å²) in [5.74, 6) is -0.208. The largest absolute Gasteiger partial charge is 0.504 e. The highest BCUT2D eigenvalue weighted by molar-refractivity contribution is 5.73. The van der Waals surface area contributed by atoms with Gasteiger partial charge in [0.2, 0.25) is 0 Å². The molecule has 3 heteroatoms. The molecule has 0 aliphatic heterocycles. The Morgan fingerprint density at radius 3 is 2.04 bits per heavy atom. The van der Waals surface area contributed by atoms with Crippen molar-refractivity contribution < 1.29 is 9.84 Å². The summed E-state index contributed by atoms with van der Waals surface area (Å²) in [6, 6.07) is 22.8. The lowest BCUT2D eigenvalue weighted by molar-refractivity contribution is 0.403. The van der Waals surface area contributed by atoms with E-state index in [0.717, 1.165) is 22.3 Å². The van der Waals surface area contributed by atoms with Gasteiger partial charge in [-0.15, -0.1) is 0 Å². The van der Waals surface area contributed by atoms with Crippen LogP contribution in [0.3, 0.4) is 0 Å². The molecule has 114 valence electrons. The van der Waals surface area contributed by atoms with Crippen LogP contribution in [0.15, 0.2) is 77.6 Å². The minimum absolute atomic E-state index is 0.118. The molecule has 0 amide bonds. The van der Waals surface area contributed by atoms with E-state index in [9.17, 15) is 9.90 Å². The van der Waals surface area contributed by atoms with Crippen molar-refractivity contribution in [3.63, 3.8) is 0 Å². The molecule has 3 rings (SSSR count). The third kappa shape index (κ3) is 3.09. The topological polar surface area (TPSA) is 46.5 Å². The minimum Gasteiger partial charge on any atom is -0.504 e. The van der Waals surface area contributed by atoms with Crippen molar-refractivity contribution >= 4 is 0 Å². The first-order chi connectivity index (χ1) is 11.2. The van der Waals surface area contributed by atoms with Gasteiger partial charge in [-0.2, -0.15) is 0 Å². The molecule has 0 aromatic heterocycles. The van der Waals surface area contributed by atoms with Gasteiger partial charge in [-0.1, -0.05) is 54.6 Å². The zero-order valence-corrected chi connectivity index (χ0v) is 12.7. The van der Waals surface area contributed by atoms with Crippen LogP contribution in [0, 0.1) is 0 Å². The number of hydrogen-bond acceptors (Lipinski definition) is 3. The molecule has 0 heterocycles. The quantitative estimate of drug-likeness (QED) is 0.792. The van der Waals surface area contributed by atoms with Crippen LogP contribution < -0.4 is 10.2 Å². The fourth-order valence-electron chi connectivity index (χ4n) is 2.47. The summed E-state index contributed by atoms with van der Waals surface area (Å²) < 4.78 is 5.09. The highest BCUT2D eigenvalue weighted by Gasteiger charge is 2.07. The molecule has 0 atom stereocenters. The molecule has 0 aliphatic carbocycles. The molecule has 0 aliphatic rings. The van der Waals surface area contributed by atoms with Crippen molar-refractivity contribution in [3.05, 3.63) is 83.0 Å². The lowest BCUT2D eigenvalue weighted by Gasteiger charge is -2.05. The van der Waals surface area contributed by atoms with E-state index in [0.29, 0.717) is 0 Å². The van der Waals surface area contributed by atoms with Gasteiger partial charge in [0.1, 0.15) is 0 Å². The van der Waals surface area contributed by atoms with Crippen LogP contribution in [0.25, 0.3) is 22.3 Å². The molecule has 3 aromatic rings. The van der Waals surface area contributed by atoms with E-state index in [4.69, 9.17) is 4.74 Å². The number of ether oxygens (including phenoxy) is 1. The Labute approximate surface area is 134 Å². The van der Waals surface area contributed by atoms with Gasteiger partial charge in [0.15, 0.2) is 11.5 Å². The van der Waals surface area contributed by atoms with Gasteiger partial charge in [-0.05, 0) is 40.5 Å². The van der Waals surface area contributed by atoms with Crippen molar-refractivity contribution in [2.45, 2.75) is 0 Å². The minimum atomic E-state index is -0.516. The molecule has 0 bridgehead atoms. The van der Waals surface area contributed by atoms with Crippen molar-refractivity contribution in [1.82, 2.24) is 0 Å². The Balaban J connectivity index is 2.13. The summed E-state index contributed by atoms with van der Waals surface area (Å²) in [5.41, 5.74) is 3.43. The van der Waals surface area contributed by atoms with Crippen molar-refractivity contribution in [2.75, 3.05) is 7.11 Å². The maximum Gasteiger partial charge on any atom is 0.261 e. The molecule has 0 saturated carbocycles. The van der Waals surface area contributed by atoms with Crippen LogP contribution in [0.4, 0.5) is 0 Å². The predicted octanol–water partition coefficient (Wildman–Crippen LogP) is 4.10. The van der Waals surface area contributed by atoms with Crippen molar-refractivity contribution in [2.24, 2.45) is 0 Å². The second-order valence-electron chi connectivity index (χ2n) is 5.16. The summed E-state index contributed by atoms with van der Waals surface area (Å²) >= 11 is 0. The van der Waals surface area contributed by atoms with Crippen LogP contribution in [0.1, 0.15) is 0 Å². The Morgan fingerprint density at radius 2 is 1.35 bits per heavy atom. The molecule has 3 nitrogen and oxygen atoms in total. The molecule has 0 spiro atoms. The molecule has 0 radical (unpaired) electrons. The van der Waals surface area contributed by atoms with Crippen LogP contribution >= 0.6 is 0 Å². The van der Waals surface area contributed by atoms with E-state index in [-0.39, 0.29) is 11.5 Å². The monoisotopic (exact) mass is 304 g/mol. The van der Waals surface area contributed by atoms with E-state index in [1.54, 1.807) is 12.1 Å². The lowest BCUT2D eigenvalue weighted by atomic mass is 10.00. The standard InChI is InChI=1S/C20H16O3/c1-23-19-13-17(10-11-18(21)20(19)22)16-9-5-8-15(12-16)14-6-3-2-4-7-14/h2-13H,1H3,(H,21,22). The number of rotatable bonds is 3. The maximum atomic E-state index is 11.9. The molecule has 0 unspecified atom stereocenters. The number of methoxy groups -OCH3 is 1. The second-order valence-corrected chi connectivity index (χ2v) is 5.16. The van der Waals surface area contributed by atoms with Crippen molar-refractivity contribution in [3.8, 4) is 33.8 Å². The average molecular weight is 304 g/mol. The fraction of sp³-hybridized carbons (Fsp3) is 0.0500. The predicted molar refractivity (Wildman–Crippen MR) is 91.8 cm³/mol. The van der Waals surface area contributed by atoms with E-state index >= 15 is 0 Å². The van der Waals surface area contributed by atoms with Crippen molar-refractivity contribution in [1.29, 1.82) is 0 Å². The van der Waals surface area contributed by atoms with Gasteiger partial charge in [0.25, 0.3) is 5.43 Å². The summed E-state index contributed by atoms with van der Waals surface area (Å²) in [5, 5.41) is 9.70. The van der Waals surface area contributed by atoms with Gasteiger partial charge >= 0.3 is 0 Å². The summed E-state index contributed by atoms with van der Waals surface area (Å²) in [6.07, 6.45) is 0. The Morgan fingerprint density at radius 1 is 0.739 bits per heavy atom. The molecular weight excluding hydrogens is 288 g/mol. The first-order valence-corrected chi connectivity index (χ1v) is 7.26. The highest BCUT2D eigenvalue weighted by atomic mass is 16.5. The summed E-state index contributed by atoms with van der Waals surface area (Å²) in [4.78, 5) is 11.9. The Kier molecular flexibility index (Phi) is 4.11. The second kappa shape index (κ2) is 6.36. The Hall–Kier alpha value is -3.07. The smallest absolute Gasteiger partial charge is 0.261 e. The van der Waals surface area contributed by atoms with Gasteiger partial charge < -0.3 is 9.84 Å². The van der Waals surface area contributed by atoms with Gasteiger partial charge in [0, 0.05) is 0 Å². The van der Waals surface area contributed by atoms with Crippen LogP contribution in [0.5, 0.6) is 11.5 Å². The average Bonchev–Trinajstić information content (AvgIpc) is 2.75. The van der Waals surface area contributed by atoms with Gasteiger partial charge in [-0.25, -0.2) is 0 Å². The van der Waals surface area contributed by atoms with E-state index in [1.165, 1.54) is 13.2 Å². The summed E-state index contributed by atoms with van der Waals surface area (Å²) in [6.45, 7) is 0. The van der Waals surface area contributed by atoms with Gasteiger partial charge in [-0.3, -0.25) is 4.79 Å². The zero-order valence-electron chi connectivity index (χ0n) is 12.7. The van der Waals surface area contributed by atoms with Crippen LogP contribution in [-0.2, 0) is 0 Å². The molecule has 23 heavy (non-hydrogen) atoms. The lowest BCUT2D eigenvalue weighted by Crippen LogP contribution is -2.00. The summed E-state index contributed by atoms with van der Waals surface area (Å²) in [7, 11) is 1.42. The van der Waals surface area contributed by atoms with Crippen LogP contribution in [0.2, 0.25) is 0 Å². The van der Waals surface area contributed by atoms with Gasteiger partial charge in [0.05, 0.1) is 7.11 Å². The van der Waals surface area contributed by atoms with Crippen LogP contribution in [-0.4, -0.2) is 12.2 Å².